The number of phenolic OH excluding ortho intramolecular Hbond substituents is 1. The summed E-state index contributed by atoms with van der Waals surface area (Å²) < 4.78 is 4.78. The van der Waals surface area contributed by atoms with Crippen molar-refractivity contribution < 1.29 is 19.5 Å². The smallest absolute Gasteiger partial charge is 0.356 e. The summed E-state index contributed by atoms with van der Waals surface area (Å²) in [6.07, 6.45) is 0. The summed E-state index contributed by atoms with van der Waals surface area (Å²) in [6.45, 7) is 0. The maximum atomic E-state index is 10.9. The zero-order valence-corrected chi connectivity index (χ0v) is 6.98. The van der Waals surface area contributed by atoms with Crippen LogP contribution >= 0.6 is 0 Å². The van der Waals surface area contributed by atoms with Gasteiger partial charge in [0, 0.05) is 0 Å². The van der Waals surface area contributed by atoms with Crippen molar-refractivity contribution in [3.8, 4) is 11.5 Å². The molecule has 0 bridgehead atoms. The SMILES string of the molecule is COc1cc(C(=O)ON)ccc1O. The molecule has 1 rings (SSSR count). The fourth-order valence-corrected chi connectivity index (χ4v) is 0.873. The van der Waals surface area contributed by atoms with E-state index in [1.807, 2.05) is 0 Å². The summed E-state index contributed by atoms with van der Waals surface area (Å²) in [5, 5.41) is 9.18. The normalized spacial score (nSPS) is 9.38. The molecule has 0 spiro atoms. The van der Waals surface area contributed by atoms with Gasteiger partial charge in [-0.1, -0.05) is 0 Å². The Labute approximate surface area is 74.6 Å². The van der Waals surface area contributed by atoms with Gasteiger partial charge in [0.2, 0.25) is 0 Å². The summed E-state index contributed by atoms with van der Waals surface area (Å²) in [5.74, 6) is 4.15. The maximum Gasteiger partial charge on any atom is 0.356 e. The third-order valence-electron chi connectivity index (χ3n) is 1.52. The minimum atomic E-state index is -0.682. The highest BCUT2D eigenvalue weighted by Crippen LogP contribution is 2.26. The van der Waals surface area contributed by atoms with E-state index in [0.717, 1.165) is 0 Å². The van der Waals surface area contributed by atoms with Crippen LogP contribution in [0.3, 0.4) is 0 Å². The summed E-state index contributed by atoms with van der Waals surface area (Å²) in [6, 6.07) is 4.04. The van der Waals surface area contributed by atoms with Crippen molar-refractivity contribution in [2.75, 3.05) is 7.11 Å². The molecule has 0 heterocycles. The summed E-state index contributed by atoms with van der Waals surface area (Å²) in [7, 11) is 1.38. The number of methoxy groups -OCH3 is 1. The maximum absolute atomic E-state index is 10.9. The predicted octanol–water partition coefficient (Wildman–Crippen LogP) is 0.431. The van der Waals surface area contributed by atoms with Gasteiger partial charge in [0.25, 0.3) is 0 Å². The van der Waals surface area contributed by atoms with Crippen LogP contribution in [0.25, 0.3) is 0 Å². The Hall–Kier alpha value is -1.75. The van der Waals surface area contributed by atoms with Gasteiger partial charge in [-0.15, -0.1) is 0 Å². The molecule has 0 radical (unpaired) electrons. The van der Waals surface area contributed by atoms with Crippen molar-refractivity contribution in [1.82, 2.24) is 0 Å². The van der Waals surface area contributed by atoms with E-state index in [1.54, 1.807) is 0 Å². The Balaban J connectivity index is 3.06. The van der Waals surface area contributed by atoms with Gasteiger partial charge in [-0.3, -0.25) is 0 Å². The molecule has 0 aromatic heterocycles. The van der Waals surface area contributed by atoms with E-state index in [4.69, 9.17) is 4.74 Å². The topological polar surface area (TPSA) is 81.8 Å². The molecule has 0 saturated carbocycles. The quantitative estimate of drug-likeness (QED) is 0.650. The lowest BCUT2D eigenvalue weighted by atomic mass is 10.2. The molecule has 5 nitrogen and oxygen atoms in total. The van der Waals surface area contributed by atoms with Crippen LogP contribution in [0, 0.1) is 0 Å². The summed E-state index contributed by atoms with van der Waals surface area (Å²) in [5.41, 5.74) is 0.220. The number of aromatic hydroxyl groups is 1. The van der Waals surface area contributed by atoms with Crippen LogP contribution in [0.2, 0.25) is 0 Å². The first-order valence-corrected chi connectivity index (χ1v) is 3.47. The Morgan fingerprint density at radius 2 is 2.23 bits per heavy atom. The average molecular weight is 183 g/mol. The van der Waals surface area contributed by atoms with Gasteiger partial charge < -0.3 is 14.7 Å². The third kappa shape index (κ3) is 1.88. The lowest BCUT2D eigenvalue weighted by molar-refractivity contribution is 0.0503. The number of ether oxygens (including phenoxy) is 1. The molecule has 13 heavy (non-hydrogen) atoms. The molecule has 1 aromatic rings. The minimum Gasteiger partial charge on any atom is -0.504 e. The molecule has 5 heteroatoms. The number of hydrogen-bond donors (Lipinski definition) is 2. The highest BCUT2D eigenvalue weighted by molar-refractivity contribution is 5.89. The first-order chi connectivity index (χ1) is 6.19. The van der Waals surface area contributed by atoms with Crippen molar-refractivity contribution in [1.29, 1.82) is 0 Å². The second kappa shape index (κ2) is 3.77. The zero-order chi connectivity index (χ0) is 9.84. The lowest BCUT2D eigenvalue weighted by Gasteiger charge is -2.04. The Bertz CT molecular complexity index is 324. The van der Waals surface area contributed by atoms with Crippen LogP contribution in [0.4, 0.5) is 0 Å². The van der Waals surface area contributed by atoms with Gasteiger partial charge in [-0.05, 0) is 18.2 Å². The van der Waals surface area contributed by atoms with Crippen LogP contribution < -0.4 is 10.6 Å². The van der Waals surface area contributed by atoms with Crippen molar-refractivity contribution in [3.05, 3.63) is 23.8 Å². The van der Waals surface area contributed by atoms with E-state index < -0.39 is 5.97 Å². The molecule has 70 valence electrons. The van der Waals surface area contributed by atoms with Gasteiger partial charge in [0.1, 0.15) is 0 Å². The van der Waals surface area contributed by atoms with Crippen LogP contribution in [-0.4, -0.2) is 18.2 Å². The molecule has 0 fully saturated rings. The monoisotopic (exact) mass is 183 g/mol. The number of nitrogens with two attached hydrogens (primary N) is 1. The fraction of sp³-hybridized carbons (Fsp3) is 0.125. The molecular formula is C8H9NO4. The van der Waals surface area contributed by atoms with Crippen LogP contribution in [0.5, 0.6) is 11.5 Å². The second-order valence-electron chi connectivity index (χ2n) is 2.29. The molecular weight excluding hydrogens is 174 g/mol. The van der Waals surface area contributed by atoms with Gasteiger partial charge in [-0.2, -0.15) is 5.90 Å². The number of hydrogen-bond acceptors (Lipinski definition) is 5. The van der Waals surface area contributed by atoms with E-state index in [1.165, 1.54) is 25.3 Å². The highest BCUT2D eigenvalue weighted by Gasteiger charge is 2.09. The first-order valence-electron chi connectivity index (χ1n) is 3.47. The van der Waals surface area contributed by atoms with Gasteiger partial charge >= 0.3 is 5.97 Å². The Kier molecular flexibility index (Phi) is 2.71. The fourth-order valence-electron chi connectivity index (χ4n) is 0.873. The molecule has 0 aliphatic heterocycles. The minimum absolute atomic E-state index is 0.0453. The molecule has 1 aromatic carbocycles. The van der Waals surface area contributed by atoms with Crippen LogP contribution in [0.15, 0.2) is 18.2 Å². The number of phenols is 1. The van der Waals surface area contributed by atoms with Gasteiger partial charge in [0.15, 0.2) is 11.5 Å². The first kappa shape index (κ1) is 9.34. The molecule has 0 atom stereocenters. The largest absolute Gasteiger partial charge is 0.504 e. The molecule has 0 unspecified atom stereocenters. The number of benzene rings is 1. The highest BCUT2D eigenvalue weighted by atomic mass is 16.7. The standard InChI is InChI=1S/C8H9NO4/c1-12-7-4-5(8(11)13-9)2-3-6(7)10/h2-4,10H,9H2,1H3. The molecule has 0 aliphatic carbocycles. The average Bonchev–Trinajstić information content (AvgIpc) is 2.17. The van der Waals surface area contributed by atoms with Crippen molar-refractivity contribution in [2.45, 2.75) is 0 Å². The van der Waals surface area contributed by atoms with E-state index >= 15 is 0 Å². The van der Waals surface area contributed by atoms with E-state index in [2.05, 4.69) is 10.7 Å². The van der Waals surface area contributed by atoms with Crippen molar-refractivity contribution in [2.24, 2.45) is 5.90 Å². The van der Waals surface area contributed by atoms with Crippen LogP contribution in [0.1, 0.15) is 10.4 Å². The van der Waals surface area contributed by atoms with E-state index in [9.17, 15) is 9.90 Å². The molecule has 3 N–H and O–H groups in total. The molecule has 0 aliphatic rings. The second-order valence-corrected chi connectivity index (χ2v) is 2.29. The van der Waals surface area contributed by atoms with Gasteiger partial charge in [0.05, 0.1) is 12.7 Å². The number of carbonyl (C=O) groups excluding carboxylic acids is 1. The van der Waals surface area contributed by atoms with Crippen molar-refractivity contribution in [3.63, 3.8) is 0 Å². The van der Waals surface area contributed by atoms with Gasteiger partial charge in [-0.25, -0.2) is 4.79 Å². The van der Waals surface area contributed by atoms with Crippen LogP contribution in [-0.2, 0) is 4.84 Å². The predicted molar refractivity (Wildman–Crippen MR) is 44.3 cm³/mol. The van der Waals surface area contributed by atoms with E-state index in [-0.39, 0.29) is 17.1 Å². The summed E-state index contributed by atoms with van der Waals surface area (Å²) >= 11 is 0. The molecule has 0 saturated heterocycles. The number of carbonyl (C=O) groups is 1. The lowest BCUT2D eigenvalue weighted by Crippen LogP contribution is -2.09. The zero-order valence-electron chi connectivity index (χ0n) is 6.98. The molecule has 0 amide bonds. The summed E-state index contributed by atoms with van der Waals surface area (Å²) in [4.78, 5) is 14.9. The third-order valence-corrected chi connectivity index (χ3v) is 1.52. The number of rotatable bonds is 2. The van der Waals surface area contributed by atoms with Crippen molar-refractivity contribution >= 4 is 5.97 Å². The Morgan fingerprint density at radius 1 is 1.54 bits per heavy atom. The van der Waals surface area contributed by atoms with E-state index in [0.29, 0.717) is 0 Å². The Morgan fingerprint density at radius 3 is 2.77 bits per heavy atom.